The van der Waals surface area contributed by atoms with Crippen molar-refractivity contribution in [3.63, 3.8) is 0 Å². The highest BCUT2D eigenvalue weighted by molar-refractivity contribution is 7.80. The third-order valence-electron chi connectivity index (χ3n) is 2.59. The van der Waals surface area contributed by atoms with Crippen molar-refractivity contribution in [2.45, 2.75) is 31.9 Å². The van der Waals surface area contributed by atoms with Crippen molar-refractivity contribution >= 4 is 17.2 Å². The van der Waals surface area contributed by atoms with Crippen molar-refractivity contribution in [1.29, 1.82) is 0 Å². The van der Waals surface area contributed by atoms with Crippen LogP contribution in [0.25, 0.3) is 0 Å². The molecule has 1 saturated carbocycles. The van der Waals surface area contributed by atoms with Crippen molar-refractivity contribution in [2.75, 3.05) is 0 Å². The fraction of sp³-hybridized carbons (Fsp3) is 0.875. The average Bonchev–Trinajstić information content (AvgIpc) is 2.03. The van der Waals surface area contributed by atoms with Crippen molar-refractivity contribution in [3.8, 4) is 0 Å². The van der Waals surface area contributed by atoms with Gasteiger partial charge in [0, 0.05) is 5.92 Å². The number of hydrogen-bond donors (Lipinski definition) is 1. The Morgan fingerprint density at radius 3 is 1.92 bits per heavy atom. The standard InChI is InChI=1S/C8H12F3NS/c9-8(10,11)6-3-1-5(2-4-6)7(12)13/h5-6H,1-4H2,(H2,12,13). The summed E-state index contributed by atoms with van der Waals surface area (Å²) in [4.78, 5) is 0.362. The molecule has 1 aliphatic carbocycles. The molecule has 1 aliphatic rings. The lowest BCUT2D eigenvalue weighted by atomic mass is 9.82. The van der Waals surface area contributed by atoms with Crippen LogP contribution in [0.3, 0.4) is 0 Å². The van der Waals surface area contributed by atoms with Crippen molar-refractivity contribution < 1.29 is 13.2 Å². The summed E-state index contributed by atoms with van der Waals surface area (Å²) in [5, 5.41) is 0. The lowest BCUT2D eigenvalue weighted by molar-refractivity contribution is -0.182. The first-order valence-corrected chi connectivity index (χ1v) is 4.68. The van der Waals surface area contributed by atoms with Crippen LogP contribution in [-0.4, -0.2) is 11.2 Å². The second-order valence-corrected chi connectivity index (χ2v) is 3.96. The minimum Gasteiger partial charge on any atom is -0.393 e. The number of halogens is 3. The van der Waals surface area contributed by atoms with Gasteiger partial charge in [-0.1, -0.05) is 12.2 Å². The number of alkyl halides is 3. The van der Waals surface area contributed by atoms with Crippen molar-refractivity contribution in [1.82, 2.24) is 0 Å². The second-order valence-electron chi connectivity index (χ2n) is 3.49. The quantitative estimate of drug-likeness (QED) is 0.675. The molecular formula is C8H12F3NS. The molecule has 13 heavy (non-hydrogen) atoms. The van der Waals surface area contributed by atoms with Gasteiger partial charge in [-0.3, -0.25) is 0 Å². The van der Waals surface area contributed by atoms with Gasteiger partial charge < -0.3 is 5.73 Å². The molecule has 0 unspecified atom stereocenters. The Hall–Kier alpha value is -0.320. The van der Waals surface area contributed by atoms with Crippen LogP contribution in [0.2, 0.25) is 0 Å². The van der Waals surface area contributed by atoms with E-state index in [9.17, 15) is 13.2 Å². The van der Waals surface area contributed by atoms with E-state index in [1.165, 1.54) is 0 Å². The molecule has 76 valence electrons. The van der Waals surface area contributed by atoms with E-state index in [-0.39, 0.29) is 18.8 Å². The Balaban J connectivity index is 2.44. The Morgan fingerprint density at radius 1 is 1.15 bits per heavy atom. The maximum Gasteiger partial charge on any atom is 0.391 e. The summed E-state index contributed by atoms with van der Waals surface area (Å²) < 4.78 is 36.6. The van der Waals surface area contributed by atoms with E-state index in [1.807, 2.05) is 0 Å². The largest absolute Gasteiger partial charge is 0.393 e. The molecule has 2 N–H and O–H groups in total. The van der Waals surface area contributed by atoms with E-state index in [1.54, 1.807) is 0 Å². The predicted octanol–water partition coefficient (Wildman–Crippen LogP) is 2.64. The Labute approximate surface area is 80.5 Å². The summed E-state index contributed by atoms with van der Waals surface area (Å²) in [7, 11) is 0. The SMILES string of the molecule is NC(=S)C1CCC(C(F)(F)F)CC1. The molecule has 0 heterocycles. The van der Waals surface area contributed by atoms with Crippen LogP contribution in [0.4, 0.5) is 13.2 Å². The van der Waals surface area contributed by atoms with Gasteiger partial charge in [0.2, 0.25) is 0 Å². The first-order valence-electron chi connectivity index (χ1n) is 4.27. The Morgan fingerprint density at radius 2 is 1.62 bits per heavy atom. The molecular weight excluding hydrogens is 199 g/mol. The maximum atomic E-state index is 12.2. The van der Waals surface area contributed by atoms with Crippen LogP contribution in [0.5, 0.6) is 0 Å². The molecule has 0 aromatic carbocycles. The first-order chi connectivity index (χ1) is 5.91. The van der Waals surface area contributed by atoms with Gasteiger partial charge in [0.1, 0.15) is 0 Å². The number of rotatable bonds is 1. The molecule has 0 radical (unpaired) electrons. The smallest absolute Gasteiger partial charge is 0.391 e. The monoisotopic (exact) mass is 211 g/mol. The van der Waals surface area contributed by atoms with Crippen molar-refractivity contribution in [2.24, 2.45) is 17.6 Å². The highest BCUT2D eigenvalue weighted by Crippen LogP contribution is 2.39. The molecule has 1 fully saturated rings. The molecule has 0 bridgehead atoms. The lowest BCUT2D eigenvalue weighted by Crippen LogP contribution is -2.32. The predicted molar refractivity (Wildman–Crippen MR) is 48.3 cm³/mol. The van der Waals surface area contributed by atoms with Crippen LogP contribution in [-0.2, 0) is 0 Å². The molecule has 0 amide bonds. The van der Waals surface area contributed by atoms with E-state index in [4.69, 9.17) is 18.0 Å². The van der Waals surface area contributed by atoms with Gasteiger partial charge in [0.05, 0.1) is 10.9 Å². The minimum absolute atomic E-state index is 0.0219. The fourth-order valence-corrected chi connectivity index (χ4v) is 1.94. The third-order valence-corrected chi connectivity index (χ3v) is 2.93. The van der Waals surface area contributed by atoms with Gasteiger partial charge in [-0.15, -0.1) is 0 Å². The van der Waals surface area contributed by atoms with Crippen LogP contribution in [0.1, 0.15) is 25.7 Å². The van der Waals surface area contributed by atoms with Crippen LogP contribution in [0, 0.1) is 11.8 Å². The average molecular weight is 211 g/mol. The van der Waals surface area contributed by atoms with Crippen LogP contribution in [0.15, 0.2) is 0 Å². The molecule has 0 spiro atoms. The van der Waals surface area contributed by atoms with Gasteiger partial charge in [0.15, 0.2) is 0 Å². The van der Waals surface area contributed by atoms with Gasteiger partial charge in [-0.05, 0) is 25.7 Å². The summed E-state index contributed by atoms with van der Waals surface area (Å²) >= 11 is 4.74. The minimum atomic E-state index is -4.04. The van der Waals surface area contributed by atoms with Crippen LogP contribution >= 0.6 is 12.2 Å². The zero-order chi connectivity index (χ0) is 10.1. The molecule has 1 nitrogen and oxygen atoms in total. The van der Waals surface area contributed by atoms with E-state index in [0.717, 1.165) is 0 Å². The summed E-state index contributed by atoms with van der Waals surface area (Å²) in [6, 6.07) is 0. The second kappa shape index (κ2) is 3.82. The van der Waals surface area contributed by atoms with Gasteiger partial charge in [-0.25, -0.2) is 0 Å². The summed E-state index contributed by atoms with van der Waals surface area (Å²) in [5.74, 6) is -1.12. The summed E-state index contributed by atoms with van der Waals surface area (Å²) in [6.45, 7) is 0. The maximum absolute atomic E-state index is 12.2. The molecule has 0 aliphatic heterocycles. The Bertz CT molecular complexity index is 194. The molecule has 1 rings (SSSR count). The first kappa shape index (κ1) is 10.8. The Kier molecular flexibility index (Phi) is 3.16. The van der Waals surface area contributed by atoms with E-state index >= 15 is 0 Å². The van der Waals surface area contributed by atoms with Gasteiger partial charge >= 0.3 is 6.18 Å². The van der Waals surface area contributed by atoms with E-state index in [0.29, 0.717) is 17.8 Å². The van der Waals surface area contributed by atoms with E-state index < -0.39 is 12.1 Å². The number of hydrogen-bond acceptors (Lipinski definition) is 1. The molecule has 0 aromatic rings. The fourth-order valence-electron chi connectivity index (χ4n) is 1.71. The zero-order valence-corrected chi connectivity index (χ0v) is 7.92. The highest BCUT2D eigenvalue weighted by atomic mass is 32.1. The normalized spacial score (nSPS) is 30.1. The van der Waals surface area contributed by atoms with Crippen LogP contribution < -0.4 is 5.73 Å². The summed E-state index contributed by atoms with van der Waals surface area (Å²) in [5.41, 5.74) is 5.37. The number of nitrogens with two attached hydrogens (primary N) is 1. The third kappa shape index (κ3) is 2.83. The highest BCUT2D eigenvalue weighted by Gasteiger charge is 2.41. The van der Waals surface area contributed by atoms with E-state index in [2.05, 4.69) is 0 Å². The van der Waals surface area contributed by atoms with Crippen molar-refractivity contribution in [3.05, 3.63) is 0 Å². The zero-order valence-electron chi connectivity index (χ0n) is 7.10. The molecule has 0 saturated heterocycles. The topological polar surface area (TPSA) is 26.0 Å². The lowest BCUT2D eigenvalue weighted by Gasteiger charge is -2.29. The molecule has 0 aromatic heterocycles. The number of thiocarbonyl (C=S) groups is 1. The molecule has 0 atom stereocenters. The molecule has 5 heteroatoms. The van der Waals surface area contributed by atoms with Gasteiger partial charge in [-0.2, -0.15) is 13.2 Å². The van der Waals surface area contributed by atoms with Gasteiger partial charge in [0.25, 0.3) is 0 Å². The summed E-state index contributed by atoms with van der Waals surface area (Å²) in [6.07, 6.45) is -2.72.